The zero-order chi connectivity index (χ0) is 12.1. The molecule has 1 aromatic rings. The highest BCUT2D eigenvalue weighted by molar-refractivity contribution is 5.74. The Morgan fingerprint density at radius 1 is 1.65 bits per heavy atom. The van der Waals surface area contributed by atoms with Crippen molar-refractivity contribution in [3.63, 3.8) is 0 Å². The van der Waals surface area contributed by atoms with Crippen LogP contribution in [0.1, 0.15) is 19.1 Å². The number of hydrogen-bond acceptors (Lipinski definition) is 3. The van der Waals surface area contributed by atoms with E-state index in [1.807, 2.05) is 19.1 Å². The molecule has 2 amide bonds. The first-order chi connectivity index (χ1) is 8.24. The summed E-state index contributed by atoms with van der Waals surface area (Å²) in [5, 5.41) is 5.76. The molecular weight excluding hydrogens is 220 g/mol. The summed E-state index contributed by atoms with van der Waals surface area (Å²) in [4.78, 5) is 11.6. The van der Waals surface area contributed by atoms with Gasteiger partial charge in [0.05, 0.1) is 18.9 Å². The molecule has 0 radical (unpaired) electrons. The van der Waals surface area contributed by atoms with Crippen molar-refractivity contribution < 1.29 is 13.9 Å². The van der Waals surface area contributed by atoms with Crippen molar-refractivity contribution in [1.29, 1.82) is 0 Å². The molecule has 2 atom stereocenters. The van der Waals surface area contributed by atoms with E-state index in [2.05, 4.69) is 10.6 Å². The molecule has 0 bridgehead atoms. The number of furan rings is 1. The maximum atomic E-state index is 11.6. The lowest BCUT2D eigenvalue weighted by molar-refractivity contribution is 0.188. The molecule has 2 heterocycles. The van der Waals surface area contributed by atoms with E-state index in [4.69, 9.17) is 9.15 Å². The van der Waals surface area contributed by atoms with Crippen LogP contribution < -0.4 is 10.6 Å². The molecule has 0 spiro atoms. The summed E-state index contributed by atoms with van der Waals surface area (Å²) in [5.74, 6) is 0.877. The third-order valence-electron chi connectivity index (χ3n) is 2.73. The van der Waals surface area contributed by atoms with Gasteiger partial charge in [-0.25, -0.2) is 4.79 Å². The number of carbonyl (C=O) groups is 1. The van der Waals surface area contributed by atoms with Gasteiger partial charge in [-0.05, 0) is 25.5 Å². The van der Waals surface area contributed by atoms with Crippen molar-refractivity contribution in [2.24, 2.45) is 0 Å². The average molecular weight is 238 g/mol. The Morgan fingerprint density at radius 2 is 2.53 bits per heavy atom. The van der Waals surface area contributed by atoms with Crippen molar-refractivity contribution >= 4 is 6.03 Å². The Labute approximate surface area is 101 Å². The molecule has 94 valence electrons. The summed E-state index contributed by atoms with van der Waals surface area (Å²) < 4.78 is 10.4. The molecule has 2 unspecified atom stereocenters. The van der Waals surface area contributed by atoms with Crippen LogP contribution >= 0.6 is 0 Å². The van der Waals surface area contributed by atoms with Gasteiger partial charge in [-0.2, -0.15) is 0 Å². The van der Waals surface area contributed by atoms with Crippen LogP contribution in [-0.2, 0) is 11.2 Å². The molecule has 1 saturated heterocycles. The summed E-state index contributed by atoms with van der Waals surface area (Å²) in [6.07, 6.45) is 3.22. The first kappa shape index (κ1) is 12.0. The molecule has 5 heteroatoms. The van der Waals surface area contributed by atoms with E-state index >= 15 is 0 Å². The van der Waals surface area contributed by atoms with Gasteiger partial charge in [0.2, 0.25) is 0 Å². The standard InChI is InChI=1S/C12H18N2O3/c1-9(7-11-3-2-5-17-11)13-12(15)14-10-4-6-16-8-10/h2-3,5,9-10H,4,6-8H2,1H3,(H2,13,14,15). The highest BCUT2D eigenvalue weighted by Gasteiger charge is 2.18. The lowest BCUT2D eigenvalue weighted by Crippen LogP contribution is -2.46. The third kappa shape index (κ3) is 3.78. The molecule has 0 saturated carbocycles. The second kappa shape index (κ2) is 5.72. The minimum absolute atomic E-state index is 0.0449. The monoisotopic (exact) mass is 238 g/mol. The van der Waals surface area contributed by atoms with Crippen LogP contribution in [-0.4, -0.2) is 31.3 Å². The van der Waals surface area contributed by atoms with E-state index < -0.39 is 0 Å². The number of urea groups is 1. The number of ether oxygens (including phenoxy) is 1. The van der Waals surface area contributed by atoms with E-state index in [0.29, 0.717) is 13.0 Å². The lowest BCUT2D eigenvalue weighted by Gasteiger charge is -2.16. The normalized spacial score (nSPS) is 21.1. The third-order valence-corrected chi connectivity index (χ3v) is 2.73. The Kier molecular flexibility index (Phi) is 4.03. The van der Waals surface area contributed by atoms with Crippen molar-refractivity contribution in [3.8, 4) is 0 Å². The van der Waals surface area contributed by atoms with Crippen LogP contribution in [0.4, 0.5) is 4.79 Å². The highest BCUT2D eigenvalue weighted by Crippen LogP contribution is 2.05. The Hall–Kier alpha value is -1.49. The molecule has 1 fully saturated rings. The van der Waals surface area contributed by atoms with Crippen molar-refractivity contribution in [1.82, 2.24) is 10.6 Å². The number of carbonyl (C=O) groups excluding carboxylic acids is 1. The van der Waals surface area contributed by atoms with Crippen LogP contribution in [0.5, 0.6) is 0 Å². The van der Waals surface area contributed by atoms with Crippen molar-refractivity contribution in [3.05, 3.63) is 24.2 Å². The SMILES string of the molecule is CC(Cc1ccco1)NC(=O)NC1CCOC1. The largest absolute Gasteiger partial charge is 0.469 e. The fourth-order valence-electron chi connectivity index (χ4n) is 1.88. The molecule has 2 rings (SSSR count). The molecular formula is C12H18N2O3. The molecule has 1 aromatic heterocycles. The number of amides is 2. The van der Waals surface area contributed by atoms with Crippen molar-refractivity contribution in [2.75, 3.05) is 13.2 Å². The molecule has 17 heavy (non-hydrogen) atoms. The maximum Gasteiger partial charge on any atom is 0.315 e. The average Bonchev–Trinajstić information content (AvgIpc) is 2.90. The lowest BCUT2D eigenvalue weighted by atomic mass is 10.2. The van der Waals surface area contributed by atoms with Gasteiger partial charge < -0.3 is 19.8 Å². The van der Waals surface area contributed by atoms with Gasteiger partial charge in [0.15, 0.2) is 0 Å². The summed E-state index contributed by atoms with van der Waals surface area (Å²) in [6, 6.07) is 3.80. The van der Waals surface area contributed by atoms with E-state index in [0.717, 1.165) is 18.8 Å². The van der Waals surface area contributed by atoms with E-state index in [-0.39, 0.29) is 18.1 Å². The summed E-state index contributed by atoms with van der Waals surface area (Å²) >= 11 is 0. The second-order valence-corrected chi connectivity index (χ2v) is 4.36. The molecule has 1 aliphatic heterocycles. The Bertz CT molecular complexity index is 345. The zero-order valence-corrected chi connectivity index (χ0v) is 9.94. The fourth-order valence-corrected chi connectivity index (χ4v) is 1.88. The van der Waals surface area contributed by atoms with Crippen molar-refractivity contribution in [2.45, 2.75) is 31.8 Å². The van der Waals surface area contributed by atoms with E-state index in [1.54, 1.807) is 6.26 Å². The molecule has 1 aliphatic rings. The topological polar surface area (TPSA) is 63.5 Å². The van der Waals surface area contributed by atoms with Crippen LogP contribution in [0.2, 0.25) is 0 Å². The van der Waals surface area contributed by atoms with Gasteiger partial charge in [0.25, 0.3) is 0 Å². The van der Waals surface area contributed by atoms with Crippen LogP contribution in [0.3, 0.4) is 0 Å². The molecule has 5 nitrogen and oxygen atoms in total. The maximum absolute atomic E-state index is 11.6. The molecule has 0 aliphatic carbocycles. The van der Waals surface area contributed by atoms with Gasteiger partial charge in [-0.15, -0.1) is 0 Å². The van der Waals surface area contributed by atoms with Crippen LogP contribution in [0.15, 0.2) is 22.8 Å². The summed E-state index contributed by atoms with van der Waals surface area (Å²) in [7, 11) is 0. The quantitative estimate of drug-likeness (QED) is 0.831. The van der Waals surface area contributed by atoms with Gasteiger partial charge in [-0.1, -0.05) is 0 Å². The Balaban J connectivity index is 1.70. The number of rotatable bonds is 4. The van der Waals surface area contributed by atoms with Crippen LogP contribution in [0.25, 0.3) is 0 Å². The smallest absolute Gasteiger partial charge is 0.315 e. The zero-order valence-electron chi connectivity index (χ0n) is 9.94. The van der Waals surface area contributed by atoms with E-state index in [9.17, 15) is 4.79 Å². The minimum Gasteiger partial charge on any atom is -0.469 e. The number of hydrogen-bond donors (Lipinski definition) is 2. The number of nitrogens with one attached hydrogen (secondary N) is 2. The highest BCUT2D eigenvalue weighted by atomic mass is 16.5. The minimum atomic E-state index is -0.139. The van der Waals surface area contributed by atoms with Gasteiger partial charge in [0, 0.05) is 19.1 Å². The summed E-state index contributed by atoms with van der Waals surface area (Å²) in [6.45, 7) is 3.29. The van der Waals surface area contributed by atoms with Gasteiger partial charge in [-0.3, -0.25) is 0 Å². The molecule has 0 aromatic carbocycles. The second-order valence-electron chi connectivity index (χ2n) is 4.36. The molecule has 2 N–H and O–H groups in total. The van der Waals surface area contributed by atoms with Gasteiger partial charge in [0.1, 0.15) is 5.76 Å². The first-order valence-electron chi connectivity index (χ1n) is 5.91. The fraction of sp³-hybridized carbons (Fsp3) is 0.583. The van der Waals surface area contributed by atoms with Gasteiger partial charge >= 0.3 is 6.03 Å². The van der Waals surface area contributed by atoms with E-state index in [1.165, 1.54) is 0 Å². The Morgan fingerprint density at radius 3 is 3.18 bits per heavy atom. The predicted octanol–water partition coefficient (Wildman–Crippen LogP) is 1.30. The predicted molar refractivity (Wildman–Crippen MR) is 62.8 cm³/mol. The first-order valence-corrected chi connectivity index (χ1v) is 5.91. The summed E-state index contributed by atoms with van der Waals surface area (Å²) in [5.41, 5.74) is 0. The van der Waals surface area contributed by atoms with Crippen LogP contribution in [0, 0.1) is 0 Å².